The molecule has 0 amide bonds. The molecule has 1 unspecified atom stereocenters. The van der Waals surface area contributed by atoms with E-state index in [9.17, 15) is 13.2 Å². The van der Waals surface area contributed by atoms with Crippen LogP contribution in [0.4, 0.5) is 13.2 Å². The fraction of sp³-hybridized carbons (Fsp3) is 0.308. The third-order valence-electron chi connectivity index (χ3n) is 3.13. The fourth-order valence-corrected chi connectivity index (χ4v) is 2.17. The van der Waals surface area contributed by atoms with E-state index in [1.165, 1.54) is 12.3 Å². The Morgan fingerprint density at radius 3 is 2.70 bits per heavy atom. The lowest BCUT2D eigenvalue weighted by Crippen LogP contribution is -2.09. The maximum absolute atomic E-state index is 12.8. The fourth-order valence-electron chi connectivity index (χ4n) is 2.17. The van der Waals surface area contributed by atoms with Crippen molar-refractivity contribution >= 4 is 6.21 Å². The summed E-state index contributed by atoms with van der Waals surface area (Å²) in [6, 6.07) is 3.28. The maximum atomic E-state index is 12.8. The average molecular weight is 280 g/mol. The zero-order chi connectivity index (χ0) is 14.5. The summed E-state index contributed by atoms with van der Waals surface area (Å²) in [6.45, 7) is 3.56. The zero-order valence-corrected chi connectivity index (χ0v) is 10.8. The van der Waals surface area contributed by atoms with E-state index in [-0.39, 0.29) is 6.04 Å². The molecule has 2 aromatic rings. The van der Waals surface area contributed by atoms with Crippen LogP contribution in [0.5, 0.6) is 0 Å². The van der Waals surface area contributed by atoms with Crippen LogP contribution in [-0.2, 0) is 6.18 Å². The van der Waals surface area contributed by atoms with E-state index in [4.69, 9.17) is 0 Å². The molecule has 104 valence electrons. The first-order valence-electron chi connectivity index (χ1n) is 6.04. The number of fused-ring (bicyclic) bond motifs is 3. The molecule has 2 heterocycles. The summed E-state index contributed by atoms with van der Waals surface area (Å²) in [7, 11) is 0. The molecule has 7 heteroatoms. The summed E-state index contributed by atoms with van der Waals surface area (Å²) in [5.74, 6) is 1.19. The van der Waals surface area contributed by atoms with Gasteiger partial charge in [0.25, 0.3) is 0 Å². The molecule has 0 spiro atoms. The number of hydrogen-bond donors (Lipinski definition) is 0. The standard InChI is InChI=1S/C13H11F3N4/c1-7-12-18-8(2)19-20(12)11-4-3-10(13(14,15)16)5-9(11)6-17-7/h3-7H,1-2H3. The highest BCUT2D eigenvalue weighted by Crippen LogP contribution is 2.32. The third-order valence-corrected chi connectivity index (χ3v) is 3.13. The van der Waals surface area contributed by atoms with Crippen molar-refractivity contribution in [1.82, 2.24) is 14.8 Å². The topological polar surface area (TPSA) is 43.1 Å². The van der Waals surface area contributed by atoms with Crippen molar-refractivity contribution in [2.75, 3.05) is 0 Å². The highest BCUT2D eigenvalue weighted by atomic mass is 19.4. The van der Waals surface area contributed by atoms with Crippen LogP contribution in [-0.4, -0.2) is 21.0 Å². The number of aliphatic imine (C=N–C) groups is 1. The van der Waals surface area contributed by atoms with Gasteiger partial charge in [-0.15, -0.1) is 0 Å². The number of nitrogens with zero attached hydrogens (tertiary/aromatic N) is 4. The lowest BCUT2D eigenvalue weighted by molar-refractivity contribution is -0.137. The summed E-state index contributed by atoms with van der Waals surface area (Å²) in [4.78, 5) is 8.51. The number of hydrogen-bond acceptors (Lipinski definition) is 3. The second-order valence-electron chi connectivity index (χ2n) is 4.65. The van der Waals surface area contributed by atoms with Crippen LogP contribution in [0.1, 0.15) is 35.7 Å². The highest BCUT2D eigenvalue weighted by Gasteiger charge is 2.31. The van der Waals surface area contributed by atoms with Gasteiger partial charge in [0.05, 0.1) is 11.3 Å². The zero-order valence-electron chi connectivity index (χ0n) is 10.8. The van der Waals surface area contributed by atoms with E-state index in [0.29, 0.717) is 22.9 Å². The van der Waals surface area contributed by atoms with Gasteiger partial charge >= 0.3 is 6.18 Å². The van der Waals surface area contributed by atoms with Crippen LogP contribution in [0.2, 0.25) is 0 Å². The minimum atomic E-state index is -4.37. The lowest BCUT2D eigenvalue weighted by atomic mass is 10.1. The molecule has 4 nitrogen and oxygen atoms in total. The van der Waals surface area contributed by atoms with Crippen molar-refractivity contribution in [1.29, 1.82) is 0 Å². The second-order valence-corrected chi connectivity index (χ2v) is 4.65. The molecule has 0 aliphatic carbocycles. The molecule has 0 saturated heterocycles. The Bertz CT molecular complexity index is 700. The largest absolute Gasteiger partial charge is 0.416 e. The van der Waals surface area contributed by atoms with Crippen LogP contribution in [0.25, 0.3) is 5.69 Å². The quantitative estimate of drug-likeness (QED) is 0.744. The van der Waals surface area contributed by atoms with E-state index in [0.717, 1.165) is 12.1 Å². The number of halogens is 3. The van der Waals surface area contributed by atoms with Gasteiger partial charge in [-0.05, 0) is 32.0 Å². The normalized spacial score (nSPS) is 17.6. The van der Waals surface area contributed by atoms with Crippen LogP contribution in [0, 0.1) is 6.92 Å². The lowest BCUT2D eigenvalue weighted by Gasteiger charge is -2.11. The minimum Gasteiger partial charge on any atom is -0.281 e. The van der Waals surface area contributed by atoms with Gasteiger partial charge in [0.2, 0.25) is 0 Å². The third kappa shape index (κ3) is 1.99. The van der Waals surface area contributed by atoms with Crippen LogP contribution >= 0.6 is 0 Å². The summed E-state index contributed by atoms with van der Waals surface area (Å²) >= 11 is 0. The Kier molecular flexibility index (Phi) is 2.67. The van der Waals surface area contributed by atoms with Crippen molar-refractivity contribution in [3.8, 4) is 5.69 Å². The summed E-state index contributed by atoms with van der Waals surface area (Å²) in [5, 5.41) is 4.24. The first-order chi connectivity index (χ1) is 9.36. The van der Waals surface area contributed by atoms with E-state index < -0.39 is 11.7 Å². The van der Waals surface area contributed by atoms with Gasteiger partial charge in [-0.3, -0.25) is 4.99 Å². The molecule has 1 aliphatic heterocycles. The van der Waals surface area contributed by atoms with Crippen molar-refractivity contribution in [2.24, 2.45) is 4.99 Å². The number of alkyl halides is 3. The molecule has 1 aliphatic rings. The van der Waals surface area contributed by atoms with Crippen molar-refractivity contribution in [3.63, 3.8) is 0 Å². The number of rotatable bonds is 0. The summed E-state index contributed by atoms with van der Waals surface area (Å²) in [6.07, 6.45) is -2.93. The van der Waals surface area contributed by atoms with Crippen molar-refractivity contribution < 1.29 is 13.2 Å². The Morgan fingerprint density at radius 2 is 2.00 bits per heavy atom. The maximum Gasteiger partial charge on any atom is 0.416 e. The van der Waals surface area contributed by atoms with Crippen LogP contribution < -0.4 is 0 Å². The van der Waals surface area contributed by atoms with Gasteiger partial charge in [0.15, 0.2) is 5.82 Å². The predicted molar refractivity (Wildman–Crippen MR) is 67.1 cm³/mol. The molecule has 0 bridgehead atoms. The smallest absolute Gasteiger partial charge is 0.281 e. The van der Waals surface area contributed by atoms with Gasteiger partial charge in [0, 0.05) is 11.8 Å². The van der Waals surface area contributed by atoms with Crippen LogP contribution in [0.3, 0.4) is 0 Å². The van der Waals surface area contributed by atoms with Crippen LogP contribution in [0.15, 0.2) is 23.2 Å². The summed E-state index contributed by atoms with van der Waals surface area (Å²) in [5.41, 5.74) is 0.243. The molecule has 1 atom stereocenters. The Morgan fingerprint density at radius 1 is 1.25 bits per heavy atom. The Hall–Kier alpha value is -2.18. The number of aromatic nitrogens is 3. The first-order valence-corrected chi connectivity index (χ1v) is 6.04. The molecule has 0 fully saturated rings. The van der Waals surface area contributed by atoms with Gasteiger partial charge in [0.1, 0.15) is 11.9 Å². The van der Waals surface area contributed by atoms with E-state index in [2.05, 4.69) is 15.1 Å². The Balaban J connectivity index is 2.23. The van der Waals surface area contributed by atoms with Gasteiger partial charge < -0.3 is 0 Å². The summed E-state index contributed by atoms with van der Waals surface area (Å²) < 4.78 is 39.8. The first kappa shape index (κ1) is 12.8. The minimum absolute atomic E-state index is 0.252. The van der Waals surface area contributed by atoms with Gasteiger partial charge in [-0.1, -0.05) is 0 Å². The average Bonchev–Trinajstić information content (AvgIpc) is 2.71. The van der Waals surface area contributed by atoms with E-state index in [1.807, 2.05) is 6.92 Å². The number of benzene rings is 1. The Labute approximate surface area is 113 Å². The van der Waals surface area contributed by atoms with Gasteiger partial charge in [-0.2, -0.15) is 18.3 Å². The molecule has 1 aromatic heterocycles. The molecule has 0 saturated carbocycles. The molecular weight excluding hydrogens is 269 g/mol. The van der Waals surface area contributed by atoms with Crippen molar-refractivity contribution in [2.45, 2.75) is 26.1 Å². The molecule has 3 rings (SSSR count). The van der Waals surface area contributed by atoms with Crippen molar-refractivity contribution in [3.05, 3.63) is 41.0 Å². The molecule has 0 N–H and O–H groups in total. The highest BCUT2D eigenvalue weighted by molar-refractivity contribution is 5.86. The molecule has 20 heavy (non-hydrogen) atoms. The SMILES string of the molecule is Cc1nc2n(n1)-c1ccc(C(F)(F)F)cc1C=NC2C. The van der Waals surface area contributed by atoms with E-state index >= 15 is 0 Å². The predicted octanol–water partition coefficient (Wildman–Crippen LogP) is 3.09. The molecule has 0 radical (unpaired) electrons. The monoisotopic (exact) mass is 280 g/mol. The number of aryl methyl sites for hydroxylation is 1. The van der Waals surface area contributed by atoms with Gasteiger partial charge in [-0.25, -0.2) is 9.67 Å². The molecule has 1 aromatic carbocycles. The van der Waals surface area contributed by atoms with E-state index in [1.54, 1.807) is 11.6 Å². The second kappa shape index (κ2) is 4.16. The molecular formula is C13H11F3N4.